The predicted octanol–water partition coefficient (Wildman–Crippen LogP) is 5.70. The minimum atomic E-state index is -0.242. The summed E-state index contributed by atoms with van der Waals surface area (Å²) in [6.45, 7) is 0. The molecule has 0 aliphatic carbocycles. The molecule has 3 heterocycles. The van der Waals surface area contributed by atoms with Crippen LogP contribution in [0.1, 0.15) is 5.76 Å². The van der Waals surface area contributed by atoms with Crippen LogP contribution in [0.15, 0.2) is 68.3 Å². The number of hydrogen-bond donors (Lipinski definition) is 0. The molecule has 0 saturated heterocycles. The Morgan fingerprint density at radius 3 is 2.67 bits per heavy atom. The number of halogens is 3. The standard InChI is InChI=1S/C21H10BrCl2N3O2S/c22-14-4-2-1-3-13(14)19-25-21-27(26-19)20(28)18(30-21)10-12-6-8-17(29-12)11-5-7-15(23)16(24)9-11/h1-10H/b18-10-. The topological polar surface area (TPSA) is 60.4 Å². The SMILES string of the molecule is O=c1/c(=C/c2ccc(-c3ccc(Cl)c(Cl)c3)o2)sc2nc(-c3ccccc3Br)nn12. The molecule has 0 spiro atoms. The van der Waals surface area contributed by atoms with Gasteiger partial charge in [-0.1, -0.05) is 62.6 Å². The van der Waals surface area contributed by atoms with Gasteiger partial charge in [-0.05, 0) is 42.5 Å². The van der Waals surface area contributed by atoms with E-state index in [2.05, 4.69) is 26.0 Å². The quantitative estimate of drug-likeness (QED) is 0.307. The van der Waals surface area contributed by atoms with Crippen molar-refractivity contribution in [3.8, 4) is 22.7 Å². The molecule has 0 saturated carbocycles. The van der Waals surface area contributed by atoms with Crippen LogP contribution >= 0.6 is 50.5 Å². The second kappa shape index (κ2) is 7.67. The smallest absolute Gasteiger partial charge is 0.291 e. The van der Waals surface area contributed by atoms with Crippen molar-refractivity contribution in [2.75, 3.05) is 0 Å². The first kappa shape index (κ1) is 19.5. The maximum absolute atomic E-state index is 12.8. The Labute approximate surface area is 192 Å². The predicted molar refractivity (Wildman–Crippen MR) is 123 cm³/mol. The summed E-state index contributed by atoms with van der Waals surface area (Å²) < 4.78 is 8.53. The van der Waals surface area contributed by atoms with Crippen LogP contribution in [0.3, 0.4) is 0 Å². The van der Waals surface area contributed by atoms with E-state index in [0.717, 1.165) is 15.6 Å². The molecule has 0 bridgehead atoms. The molecular weight excluding hydrogens is 509 g/mol. The average Bonchev–Trinajstić information content (AvgIpc) is 3.42. The molecule has 0 atom stereocenters. The maximum atomic E-state index is 12.8. The Morgan fingerprint density at radius 1 is 1.07 bits per heavy atom. The molecular formula is C21H10BrCl2N3O2S. The van der Waals surface area contributed by atoms with Crippen LogP contribution in [-0.4, -0.2) is 14.6 Å². The van der Waals surface area contributed by atoms with Crippen molar-refractivity contribution in [3.63, 3.8) is 0 Å². The molecule has 0 unspecified atom stereocenters. The van der Waals surface area contributed by atoms with Crippen LogP contribution in [-0.2, 0) is 0 Å². The van der Waals surface area contributed by atoms with Gasteiger partial charge in [0.2, 0.25) is 4.96 Å². The largest absolute Gasteiger partial charge is 0.457 e. The van der Waals surface area contributed by atoms with Crippen LogP contribution < -0.4 is 10.1 Å². The van der Waals surface area contributed by atoms with Gasteiger partial charge < -0.3 is 4.42 Å². The lowest BCUT2D eigenvalue weighted by Crippen LogP contribution is -2.23. The van der Waals surface area contributed by atoms with E-state index in [9.17, 15) is 4.79 Å². The summed E-state index contributed by atoms with van der Waals surface area (Å²) in [6, 6.07) is 16.5. The van der Waals surface area contributed by atoms with Crippen LogP contribution in [0.25, 0.3) is 33.7 Å². The van der Waals surface area contributed by atoms with E-state index in [-0.39, 0.29) is 5.56 Å². The van der Waals surface area contributed by atoms with Gasteiger partial charge in [-0.3, -0.25) is 4.79 Å². The van der Waals surface area contributed by atoms with E-state index < -0.39 is 0 Å². The highest BCUT2D eigenvalue weighted by Crippen LogP contribution is 2.30. The highest BCUT2D eigenvalue weighted by Gasteiger charge is 2.14. The zero-order valence-corrected chi connectivity index (χ0v) is 18.9. The number of hydrogen-bond acceptors (Lipinski definition) is 5. The Balaban J connectivity index is 1.52. The summed E-state index contributed by atoms with van der Waals surface area (Å²) in [6.07, 6.45) is 1.68. The average molecular weight is 519 g/mol. The summed E-state index contributed by atoms with van der Waals surface area (Å²) in [4.78, 5) is 17.8. The monoisotopic (exact) mass is 517 g/mol. The Hall–Kier alpha value is -2.45. The molecule has 2 aromatic carbocycles. The molecule has 0 N–H and O–H groups in total. The van der Waals surface area contributed by atoms with Crippen molar-refractivity contribution in [3.05, 3.63) is 89.8 Å². The number of fused-ring (bicyclic) bond motifs is 1. The van der Waals surface area contributed by atoms with Crippen molar-refractivity contribution in [2.45, 2.75) is 0 Å². The number of nitrogens with zero attached hydrogens (tertiary/aromatic N) is 3. The summed E-state index contributed by atoms with van der Waals surface area (Å²) in [7, 11) is 0. The number of thiazole rings is 1. The zero-order valence-electron chi connectivity index (χ0n) is 15.0. The molecule has 9 heteroatoms. The van der Waals surface area contributed by atoms with E-state index >= 15 is 0 Å². The van der Waals surface area contributed by atoms with Crippen LogP contribution in [0.4, 0.5) is 0 Å². The lowest BCUT2D eigenvalue weighted by molar-refractivity contribution is 0.571. The fourth-order valence-corrected chi connectivity index (χ4v) is 4.60. The molecule has 5 nitrogen and oxygen atoms in total. The van der Waals surface area contributed by atoms with Crippen LogP contribution in [0.5, 0.6) is 0 Å². The molecule has 0 aliphatic heterocycles. The van der Waals surface area contributed by atoms with E-state index in [4.69, 9.17) is 27.6 Å². The van der Waals surface area contributed by atoms with E-state index in [1.165, 1.54) is 15.9 Å². The third-order valence-electron chi connectivity index (χ3n) is 4.40. The fraction of sp³-hybridized carbons (Fsp3) is 0. The highest BCUT2D eigenvalue weighted by atomic mass is 79.9. The number of rotatable bonds is 3. The van der Waals surface area contributed by atoms with E-state index in [1.807, 2.05) is 36.4 Å². The van der Waals surface area contributed by atoms with E-state index in [1.54, 1.807) is 24.3 Å². The zero-order chi connectivity index (χ0) is 20.8. The fourth-order valence-electron chi connectivity index (χ4n) is 2.95. The maximum Gasteiger partial charge on any atom is 0.291 e. The van der Waals surface area contributed by atoms with E-state index in [0.29, 0.717) is 36.9 Å². The number of aromatic nitrogens is 3. The minimum absolute atomic E-state index is 0.242. The Morgan fingerprint density at radius 2 is 1.90 bits per heavy atom. The second-order valence-electron chi connectivity index (χ2n) is 6.36. The molecule has 5 aromatic rings. The Kier molecular flexibility index (Phi) is 4.99. The minimum Gasteiger partial charge on any atom is -0.457 e. The second-order valence-corrected chi connectivity index (χ2v) is 9.03. The summed E-state index contributed by atoms with van der Waals surface area (Å²) in [5, 5.41) is 5.30. The van der Waals surface area contributed by atoms with Gasteiger partial charge >= 0.3 is 0 Å². The Bertz CT molecular complexity index is 1520. The van der Waals surface area contributed by atoms with Gasteiger partial charge in [0.25, 0.3) is 5.56 Å². The first-order chi connectivity index (χ1) is 14.5. The normalized spacial score (nSPS) is 12.2. The third-order valence-corrected chi connectivity index (χ3v) is 6.79. The van der Waals surface area contributed by atoms with Crippen LogP contribution in [0, 0.1) is 0 Å². The molecule has 148 valence electrons. The first-order valence-corrected chi connectivity index (χ1v) is 11.1. The summed E-state index contributed by atoms with van der Waals surface area (Å²) >= 11 is 16.8. The highest BCUT2D eigenvalue weighted by molar-refractivity contribution is 9.10. The van der Waals surface area contributed by atoms with Gasteiger partial charge in [-0.25, -0.2) is 0 Å². The summed E-state index contributed by atoms with van der Waals surface area (Å²) in [5.74, 6) is 1.67. The van der Waals surface area contributed by atoms with Crippen LogP contribution in [0.2, 0.25) is 10.0 Å². The van der Waals surface area contributed by atoms with Crippen molar-refractivity contribution in [2.24, 2.45) is 0 Å². The van der Waals surface area contributed by atoms with Gasteiger partial charge in [0.1, 0.15) is 16.1 Å². The lowest BCUT2D eigenvalue weighted by atomic mass is 10.2. The van der Waals surface area contributed by atoms with Gasteiger partial charge in [0, 0.05) is 21.7 Å². The molecule has 0 aliphatic rings. The number of furan rings is 1. The van der Waals surface area contributed by atoms with Gasteiger partial charge in [0.05, 0.1) is 10.0 Å². The summed E-state index contributed by atoms with van der Waals surface area (Å²) in [5.41, 5.74) is 1.39. The van der Waals surface area contributed by atoms with Gasteiger partial charge in [-0.15, -0.1) is 5.10 Å². The third kappa shape index (κ3) is 3.48. The van der Waals surface area contributed by atoms with Crippen molar-refractivity contribution >= 4 is 61.5 Å². The molecule has 3 aromatic heterocycles. The lowest BCUT2D eigenvalue weighted by Gasteiger charge is -1.99. The van der Waals surface area contributed by atoms with Crippen molar-refractivity contribution < 1.29 is 4.42 Å². The molecule has 0 radical (unpaired) electrons. The molecule has 0 amide bonds. The van der Waals surface area contributed by atoms with Gasteiger partial charge in [-0.2, -0.15) is 9.50 Å². The number of benzene rings is 2. The van der Waals surface area contributed by atoms with Crippen molar-refractivity contribution in [1.29, 1.82) is 0 Å². The molecule has 5 rings (SSSR count). The van der Waals surface area contributed by atoms with Crippen molar-refractivity contribution in [1.82, 2.24) is 14.6 Å². The molecule has 30 heavy (non-hydrogen) atoms. The van der Waals surface area contributed by atoms with Gasteiger partial charge in [0.15, 0.2) is 5.82 Å². The molecule has 0 fully saturated rings. The first-order valence-electron chi connectivity index (χ1n) is 8.71.